The monoisotopic (exact) mass is 306 g/mol. The number of aliphatic hydroxyl groups is 2. The average molecular weight is 306 g/mol. The molecule has 0 spiro atoms. The van der Waals surface area contributed by atoms with E-state index in [1.165, 1.54) is 0 Å². The van der Waals surface area contributed by atoms with Gasteiger partial charge in [0, 0.05) is 20.8 Å². The smallest absolute Gasteiger partial charge is 0.303 e. The lowest BCUT2D eigenvalue weighted by molar-refractivity contribution is -0.293. The summed E-state index contributed by atoms with van der Waals surface area (Å²) in [6.07, 6.45) is -6.93. The van der Waals surface area contributed by atoms with Gasteiger partial charge in [0.15, 0.2) is 18.5 Å². The molecule has 1 aliphatic rings. The van der Waals surface area contributed by atoms with E-state index in [4.69, 9.17) is 18.9 Å². The van der Waals surface area contributed by atoms with E-state index in [2.05, 4.69) is 0 Å². The van der Waals surface area contributed by atoms with Gasteiger partial charge in [-0.05, 0) is 0 Å². The van der Waals surface area contributed by atoms with E-state index in [0.717, 1.165) is 20.8 Å². The van der Waals surface area contributed by atoms with E-state index < -0.39 is 48.6 Å². The van der Waals surface area contributed by atoms with Crippen molar-refractivity contribution in [1.29, 1.82) is 0 Å². The lowest BCUT2D eigenvalue weighted by atomic mass is 9.99. The molecule has 0 aliphatic carbocycles. The summed E-state index contributed by atoms with van der Waals surface area (Å²) in [5.41, 5.74) is 0. The van der Waals surface area contributed by atoms with Gasteiger partial charge in [-0.15, -0.1) is 0 Å². The van der Waals surface area contributed by atoms with Gasteiger partial charge < -0.3 is 29.2 Å². The number of aliphatic hydroxyl groups excluding tert-OH is 2. The molecule has 2 unspecified atom stereocenters. The van der Waals surface area contributed by atoms with Gasteiger partial charge in [-0.1, -0.05) is 0 Å². The average Bonchev–Trinajstić information content (AvgIpc) is 2.35. The van der Waals surface area contributed by atoms with E-state index in [0.29, 0.717) is 0 Å². The van der Waals surface area contributed by atoms with Crippen molar-refractivity contribution in [3.63, 3.8) is 0 Å². The van der Waals surface area contributed by atoms with Gasteiger partial charge in [0.2, 0.25) is 0 Å². The fourth-order valence-corrected chi connectivity index (χ4v) is 1.90. The molecule has 1 aliphatic heterocycles. The zero-order valence-corrected chi connectivity index (χ0v) is 11.8. The summed E-state index contributed by atoms with van der Waals surface area (Å²) in [7, 11) is 0. The summed E-state index contributed by atoms with van der Waals surface area (Å²) < 4.78 is 19.5. The highest BCUT2D eigenvalue weighted by molar-refractivity contribution is 5.67. The first-order valence-corrected chi connectivity index (χ1v) is 6.21. The van der Waals surface area contributed by atoms with Crippen LogP contribution in [0.5, 0.6) is 0 Å². The number of ether oxygens (including phenoxy) is 4. The van der Waals surface area contributed by atoms with Crippen LogP contribution in [0.4, 0.5) is 0 Å². The number of hydrogen-bond donors (Lipinski definition) is 2. The molecule has 0 aromatic heterocycles. The molecule has 1 saturated heterocycles. The molecule has 0 amide bonds. The fourth-order valence-electron chi connectivity index (χ4n) is 1.90. The van der Waals surface area contributed by atoms with Gasteiger partial charge in [-0.3, -0.25) is 14.4 Å². The number of carbonyl (C=O) groups is 3. The molecule has 2 N–H and O–H groups in total. The van der Waals surface area contributed by atoms with Crippen LogP contribution in [0.25, 0.3) is 0 Å². The van der Waals surface area contributed by atoms with Crippen LogP contribution in [0.3, 0.4) is 0 Å². The van der Waals surface area contributed by atoms with E-state index in [1.807, 2.05) is 0 Å². The molecule has 1 heterocycles. The molecule has 0 bridgehead atoms. The first-order chi connectivity index (χ1) is 9.72. The summed E-state index contributed by atoms with van der Waals surface area (Å²) in [6, 6.07) is 0. The van der Waals surface area contributed by atoms with Gasteiger partial charge in [0.05, 0.1) is 0 Å². The van der Waals surface area contributed by atoms with Crippen molar-refractivity contribution in [2.75, 3.05) is 6.61 Å². The predicted molar refractivity (Wildman–Crippen MR) is 64.6 cm³/mol. The second-order valence-electron chi connectivity index (χ2n) is 4.51. The third kappa shape index (κ3) is 4.96. The Hall–Kier alpha value is -1.71. The molecule has 0 aromatic carbocycles. The molecule has 120 valence electrons. The van der Waals surface area contributed by atoms with E-state index in [1.54, 1.807) is 0 Å². The Morgan fingerprint density at radius 2 is 1.48 bits per heavy atom. The Morgan fingerprint density at radius 1 is 0.952 bits per heavy atom. The summed E-state index contributed by atoms with van der Waals surface area (Å²) >= 11 is 0. The van der Waals surface area contributed by atoms with E-state index in [9.17, 15) is 24.6 Å². The van der Waals surface area contributed by atoms with Crippen molar-refractivity contribution in [2.45, 2.75) is 51.5 Å². The van der Waals surface area contributed by atoms with Gasteiger partial charge in [-0.2, -0.15) is 0 Å². The summed E-state index contributed by atoms with van der Waals surface area (Å²) in [4.78, 5) is 32.8. The van der Waals surface area contributed by atoms with Crippen molar-refractivity contribution in [2.24, 2.45) is 0 Å². The standard InChI is InChI=1S/C12H18O9/c1-5(13)18-4-8-10(19-6(2)14)9(16)11(12(17)21-8)20-7(3)15/h8-12,16-17H,4H2,1-3H3/t8?,9-,10-,11?,12+/m0/s1. The van der Waals surface area contributed by atoms with Gasteiger partial charge in [-0.25, -0.2) is 0 Å². The Kier molecular flexibility index (Phi) is 6.06. The number of rotatable bonds is 4. The van der Waals surface area contributed by atoms with Crippen LogP contribution in [-0.4, -0.2) is 65.4 Å². The minimum absolute atomic E-state index is 0.339. The van der Waals surface area contributed by atoms with Crippen molar-refractivity contribution < 1.29 is 43.5 Å². The number of esters is 3. The van der Waals surface area contributed by atoms with Gasteiger partial charge >= 0.3 is 17.9 Å². The molecule has 9 heteroatoms. The van der Waals surface area contributed by atoms with Crippen molar-refractivity contribution in [3.8, 4) is 0 Å². The lowest BCUT2D eigenvalue weighted by Crippen LogP contribution is -2.61. The number of carbonyl (C=O) groups excluding carboxylic acids is 3. The second-order valence-corrected chi connectivity index (χ2v) is 4.51. The molecular formula is C12H18O9. The minimum Gasteiger partial charge on any atom is -0.463 e. The zero-order chi connectivity index (χ0) is 16.2. The highest BCUT2D eigenvalue weighted by atomic mass is 16.7. The maximum atomic E-state index is 11.1. The van der Waals surface area contributed by atoms with Crippen LogP contribution in [-0.2, 0) is 33.3 Å². The highest BCUT2D eigenvalue weighted by Crippen LogP contribution is 2.25. The summed E-state index contributed by atoms with van der Waals surface area (Å²) in [5, 5.41) is 19.8. The predicted octanol–water partition coefficient (Wildman–Crippen LogP) is -1.51. The maximum Gasteiger partial charge on any atom is 0.303 e. The van der Waals surface area contributed by atoms with Gasteiger partial charge in [0.25, 0.3) is 0 Å². The first kappa shape index (κ1) is 17.3. The molecule has 1 rings (SSSR count). The van der Waals surface area contributed by atoms with E-state index >= 15 is 0 Å². The highest BCUT2D eigenvalue weighted by Gasteiger charge is 2.48. The molecule has 21 heavy (non-hydrogen) atoms. The summed E-state index contributed by atoms with van der Waals surface area (Å²) in [6.45, 7) is 3.03. The van der Waals surface area contributed by atoms with E-state index in [-0.39, 0.29) is 6.61 Å². The van der Waals surface area contributed by atoms with Crippen molar-refractivity contribution in [1.82, 2.24) is 0 Å². The Balaban J connectivity index is 2.86. The normalized spacial score (nSPS) is 32.1. The zero-order valence-electron chi connectivity index (χ0n) is 11.8. The Labute approximate surface area is 120 Å². The van der Waals surface area contributed by atoms with Crippen LogP contribution < -0.4 is 0 Å². The largest absolute Gasteiger partial charge is 0.463 e. The third-order valence-electron chi connectivity index (χ3n) is 2.69. The third-order valence-corrected chi connectivity index (χ3v) is 2.69. The van der Waals surface area contributed by atoms with Crippen molar-refractivity contribution in [3.05, 3.63) is 0 Å². The minimum atomic E-state index is -1.64. The maximum absolute atomic E-state index is 11.1. The second kappa shape index (κ2) is 7.34. The lowest BCUT2D eigenvalue weighted by Gasteiger charge is -2.41. The molecular weight excluding hydrogens is 288 g/mol. The van der Waals surface area contributed by atoms with Crippen LogP contribution >= 0.6 is 0 Å². The SMILES string of the molecule is CC(=O)OCC1O[C@@H](O)C(OC(C)=O)[C@@H](O)[C@H]1OC(C)=O. The van der Waals surface area contributed by atoms with Gasteiger partial charge in [0.1, 0.15) is 18.8 Å². The van der Waals surface area contributed by atoms with Crippen molar-refractivity contribution >= 4 is 17.9 Å². The van der Waals surface area contributed by atoms with Crippen LogP contribution in [0.1, 0.15) is 20.8 Å². The molecule has 0 aromatic rings. The first-order valence-electron chi connectivity index (χ1n) is 6.21. The molecule has 9 nitrogen and oxygen atoms in total. The topological polar surface area (TPSA) is 129 Å². The molecule has 1 fully saturated rings. The molecule has 0 saturated carbocycles. The fraction of sp³-hybridized carbons (Fsp3) is 0.750. The quantitative estimate of drug-likeness (QED) is 0.470. The van der Waals surface area contributed by atoms with Crippen LogP contribution in [0.15, 0.2) is 0 Å². The molecule has 5 atom stereocenters. The molecule has 0 radical (unpaired) electrons. The van der Waals surface area contributed by atoms with Crippen LogP contribution in [0, 0.1) is 0 Å². The summed E-state index contributed by atoms with van der Waals surface area (Å²) in [5.74, 6) is -2.07. The Morgan fingerprint density at radius 3 is 1.95 bits per heavy atom. The Bertz CT molecular complexity index is 406. The van der Waals surface area contributed by atoms with Crippen LogP contribution in [0.2, 0.25) is 0 Å². The number of hydrogen-bond acceptors (Lipinski definition) is 9.